The smallest absolute Gasteiger partial charge is 0.410 e. The van der Waals surface area contributed by atoms with E-state index in [4.69, 9.17) is 91.1 Å². The number of hydrogen-bond donors (Lipinski definition) is 3. The molecule has 3 aromatic rings. The minimum atomic E-state index is -1.28. The van der Waals surface area contributed by atoms with Gasteiger partial charge in [0.1, 0.15) is 6.10 Å². The van der Waals surface area contributed by atoms with Gasteiger partial charge in [-0.3, -0.25) is 34.1 Å². The molecule has 0 spiro atoms. The number of carbonyl (C=O) groups is 6. The summed E-state index contributed by atoms with van der Waals surface area (Å²) in [6, 6.07) is 10.3. The number of Topliss-reactive ketones (excluding diaryl/α,β-unsaturated/α-hetero) is 1. The number of nitrogens with one attached hydrogen (secondary N) is 1. The number of aromatic nitrogens is 3. The first kappa shape index (κ1) is 105. The van der Waals surface area contributed by atoms with Crippen LogP contribution in [0.2, 0.25) is 0 Å². The Labute approximate surface area is 707 Å². The highest BCUT2D eigenvalue weighted by atomic mass is 16.7. The number of esters is 1. The molecule has 4 unspecified atom stereocenters. The molecule has 680 valence electrons. The van der Waals surface area contributed by atoms with Gasteiger partial charge in [-0.25, -0.2) is 9.48 Å². The number of methoxy groups -OCH3 is 2. The molecule has 3 heterocycles. The Bertz CT molecular complexity index is 3450. The SMILES string of the molecule is CC[C@@H](C)[C@H]([C@H](CC(=O)N1CCCC1[C@@H](OC)[C@H](C)C(=O)N[C@@H](C)[C@H](O)c1ccccc1)OC)N(C)C(=O)[C@H](CC(=O)[C@@H](C(C)C)N(C)C(=O)OC(Cc1cn(CCOCCOCCOCCOCCOCCOCCOCCOCCOCCOCCN)nn1)c1ccc(O[C@@H]2OC(C)[C@@H](C)[C@H](C)C2OC(C)=O)c([N+](=O)[O-])c1)C(C)C.O=C=O. The van der Waals surface area contributed by atoms with Crippen LogP contribution in [0.15, 0.2) is 54.7 Å². The van der Waals surface area contributed by atoms with Gasteiger partial charge in [-0.15, -0.1) is 5.10 Å². The zero-order valence-corrected chi connectivity index (χ0v) is 73.4. The van der Waals surface area contributed by atoms with Crippen LogP contribution in [0.1, 0.15) is 144 Å². The summed E-state index contributed by atoms with van der Waals surface area (Å²) >= 11 is 0. The van der Waals surface area contributed by atoms with Crippen LogP contribution in [0.5, 0.6) is 5.75 Å². The van der Waals surface area contributed by atoms with Crippen LogP contribution < -0.4 is 15.8 Å². The number of amides is 4. The van der Waals surface area contributed by atoms with Crippen LogP contribution >= 0.6 is 0 Å². The van der Waals surface area contributed by atoms with Crippen molar-refractivity contribution in [3.05, 3.63) is 81.7 Å². The van der Waals surface area contributed by atoms with Gasteiger partial charge in [0.25, 0.3) is 0 Å². The average Bonchev–Trinajstić information content (AvgIpc) is 1.18. The molecule has 2 aliphatic heterocycles. The average molecular weight is 1710 g/mol. The van der Waals surface area contributed by atoms with Crippen molar-refractivity contribution in [1.29, 1.82) is 0 Å². The molecule has 0 aliphatic carbocycles. The lowest BCUT2D eigenvalue weighted by Gasteiger charge is -2.42. The molecule has 36 nitrogen and oxygen atoms in total. The Morgan fingerprint density at radius 2 is 1.23 bits per heavy atom. The number of aliphatic hydroxyl groups excluding tert-OH is 1. The second kappa shape index (κ2) is 58.4. The van der Waals surface area contributed by atoms with Crippen molar-refractivity contribution in [1.82, 2.24) is 35.0 Å². The first-order valence-electron chi connectivity index (χ1n) is 41.8. The molecule has 0 saturated carbocycles. The molecule has 1 aromatic heterocycles. The van der Waals surface area contributed by atoms with E-state index in [2.05, 4.69) is 15.6 Å². The number of aliphatic hydroxyl groups is 1. The third kappa shape index (κ3) is 36.1. The largest absolute Gasteiger partial charge is 0.456 e. The van der Waals surface area contributed by atoms with Crippen LogP contribution in [0, 0.1) is 51.5 Å². The van der Waals surface area contributed by atoms with Gasteiger partial charge >= 0.3 is 23.9 Å². The van der Waals surface area contributed by atoms with Gasteiger partial charge in [-0.1, -0.05) is 110 Å². The van der Waals surface area contributed by atoms with E-state index < -0.39 is 107 Å². The number of ether oxygens (including phenoxy) is 16. The number of likely N-dealkylation sites (N-methyl/N-ethyl adjacent to an activating group) is 2. The molecule has 2 aromatic carbocycles. The third-order valence-corrected chi connectivity index (χ3v) is 21.6. The fourth-order valence-electron chi connectivity index (χ4n) is 14.5. The van der Waals surface area contributed by atoms with E-state index in [1.165, 1.54) is 51.3 Å². The maximum absolute atomic E-state index is 15.2. The molecule has 36 heteroatoms. The highest BCUT2D eigenvalue weighted by Crippen LogP contribution is 2.39. The van der Waals surface area contributed by atoms with Crippen LogP contribution in [0.3, 0.4) is 0 Å². The molecule has 5 rings (SSSR count). The minimum absolute atomic E-state index is 0.0629. The fraction of sp³-hybridized carbons (Fsp3) is 0.750. The molecule has 0 radical (unpaired) electrons. The van der Waals surface area contributed by atoms with Crippen molar-refractivity contribution in [2.45, 2.75) is 195 Å². The Morgan fingerprint density at radius 1 is 0.708 bits per heavy atom. The second-order valence-electron chi connectivity index (χ2n) is 30.7. The van der Waals surface area contributed by atoms with E-state index >= 15 is 9.59 Å². The van der Waals surface area contributed by atoms with E-state index in [1.54, 1.807) is 67.6 Å². The summed E-state index contributed by atoms with van der Waals surface area (Å²) in [4.78, 5) is 119. The summed E-state index contributed by atoms with van der Waals surface area (Å²) in [6.07, 6.45) is -3.97. The zero-order chi connectivity index (χ0) is 88.6. The van der Waals surface area contributed by atoms with Crippen LogP contribution in [0.25, 0.3) is 0 Å². The number of rotatable bonds is 61. The van der Waals surface area contributed by atoms with Gasteiger partial charge in [-0.2, -0.15) is 9.59 Å². The molecule has 2 saturated heterocycles. The van der Waals surface area contributed by atoms with E-state index in [-0.39, 0.29) is 104 Å². The van der Waals surface area contributed by atoms with Crippen molar-refractivity contribution in [3.63, 3.8) is 0 Å². The minimum Gasteiger partial charge on any atom is -0.456 e. The number of nitrogens with two attached hydrogens (primary N) is 1. The lowest BCUT2D eigenvalue weighted by molar-refractivity contribution is -0.387. The zero-order valence-electron chi connectivity index (χ0n) is 73.4. The summed E-state index contributed by atoms with van der Waals surface area (Å²) in [5.41, 5.74) is 6.02. The quantitative estimate of drug-likeness (QED) is 0.0226. The van der Waals surface area contributed by atoms with Gasteiger partial charge in [0, 0.05) is 85.3 Å². The Morgan fingerprint density at radius 3 is 1.71 bits per heavy atom. The number of nitrogens with zero attached hydrogens (tertiary/aromatic N) is 7. The summed E-state index contributed by atoms with van der Waals surface area (Å²) < 4.78 is 93.5. The predicted octanol–water partition coefficient (Wildman–Crippen LogP) is 6.82. The van der Waals surface area contributed by atoms with Gasteiger partial charge in [-0.05, 0) is 67.6 Å². The predicted molar refractivity (Wildman–Crippen MR) is 437 cm³/mol. The number of carbonyl (C=O) groups excluding carboxylic acids is 8. The monoisotopic (exact) mass is 1700 g/mol. The summed E-state index contributed by atoms with van der Waals surface area (Å²) in [7, 11) is 6.11. The highest BCUT2D eigenvalue weighted by molar-refractivity contribution is 5.92. The lowest BCUT2D eigenvalue weighted by Crippen LogP contribution is -2.55. The van der Waals surface area contributed by atoms with Gasteiger partial charge in [0.2, 0.25) is 24.0 Å². The van der Waals surface area contributed by atoms with Crippen LogP contribution in [0.4, 0.5) is 10.5 Å². The summed E-state index contributed by atoms with van der Waals surface area (Å²) in [5.74, 6) is -5.17. The van der Waals surface area contributed by atoms with Crippen molar-refractivity contribution in [2.75, 3.05) is 174 Å². The summed E-state index contributed by atoms with van der Waals surface area (Å²) in [5, 5.41) is 35.7. The Balaban J connectivity index is 0.00000993. The van der Waals surface area contributed by atoms with Crippen molar-refractivity contribution >= 4 is 47.4 Å². The molecular weight excluding hydrogens is 1570 g/mol. The van der Waals surface area contributed by atoms with Crippen LogP contribution in [-0.4, -0.2) is 310 Å². The number of likely N-dealkylation sites (tertiary alicyclic amines) is 1. The maximum atomic E-state index is 15.2. The number of benzene rings is 2. The van der Waals surface area contributed by atoms with Crippen molar-refractivity contribution < 1.29 is 124 Å². The topological polar surface area (TPSA) is 426 Å². The third-order valence-electron chi connectivity index (χ3n) is 21.6. The number of ketones is 1. The first-order valence-corrected chi connectivity index (χ1v) is 41.8. The molecule has 4 N–H and O–H groups in total. The number of nitro benzene ring substituents is 1. The van der Waals surface area contributed by atoms with E-state index in [1.807, 2.05) is 66.7 Å². The highest BCUT2D eigenvalue weighted by Gasteiger charge is 2.47. The van der Waals surface area contributed by atoms with Gasteiger partial charge < -0.3 is 107 Å². The normalized spacial score (nSPS) is 19.1. The van der Waals surface area contributed by atoms with E-state index in [0.29, 0.717) is 163 Å². The molecular formula is C84H137N9O27. The van der Waals surface area contributed by atoms with E-state index in [0.717, 1.165) is 0 Å². The van der Waals surface area contributed by atoms with Gasteiger partial charge in [0.15, 0.2) is 17.6 Å². The Hall–Kier alpha value is -7.62. The van der Waals surface area contributed by atoms with Crippen molar-refractivity contribution in [3.8, 4) is 5.75 Å². The molecule has 120 heavy (non-hydrogen) atoms. The van der Waals surface area contributed by atoms with E-state index in [9.17, 15) is 34.4 Å². The summed E-state index contributed by atoms with van der Waals surface area (Å²) in [6.45, 7) is 31.1. The first-order chi connectivity index (χ1) is 57.5. The fourth-order valence-corrected chi connectivity index (χ4v) is 14.5. The molecule has 4 amide bonds. The van der Waals surface area contributed by atoms with Gasteiger partial charge in [0.05, 0.1) is 210 Å². The van der Waals surface area contributed by atoms with Crippen LogP contribution in [-0.2, 0) is 118 Å². The second-order valence-corrected chi connectivity index (χ2v) is 30.7. The molecule has 2 aliphatic rings. The standard InChI is InChI=1S/C83H137N9O25.CO2/c1-17-57(6)76(73(102-15)53-74(95)91-28-21-24-68(91)78(103-16)60(9)80(97)85-61(10)77(96)64-22-19-18-20-23-64)88(13)81(98)67(55(2)3)52-70(94)75(56(4)5)89(14)83(99)117-72(65-25-26-71(69(50-65)92(100)101)116-82-79(115-63(12)93)59(8)58(7)62(11)114-82)51-66-54-90(87-86-66)29-31-105-33-35-107-37-39-109-41-43-111-45-47-113-49-48-112-46-44-110-42-40-108-38-36-106-34-32-104-30-27-84;2-1-3/h18-20,22-23,25-26,50,54-62,67-68,72-73,75-79,82,96H,17,21,24,27-49,51-53,84H2,1-16H3,(H,85,97);/t57-,58+,59+,60+,61+,62?,67-,68?,72?,73+,75-,76-,77+,78+,79?,82+;/m1./s1. The molecule has 0 bridgehead atoms. The lowest BCUT2D eigenvalue weighted by atomic mass is 9.83. The molecule has 2 fully saturated rings. The number of nitro groups is 1. The maximum Gasteiger partial charge on any atom is 0.410 e. The van der Waals surface area contributed by atoms with Crippen molar-refractivity contribution in [2.24, 2.45) is 47.2 Å². The molecule has 16 atom stereocenters. The Kier molecular flexibility index (Phi) is 51.0. The number of hydrogen-bond acceptors (Lipinski definition) is 30.